The van der Waals surface area contributed by atoms with Crippen LogP contribution in [-0.4, -0.2) is 16.7 Å². The van der Waals surface area contributed by atoms with Gasteiger partial charge >= 0.3 is 6.18 Å². The van der Waals surface area contributed by atoms with Crippen molar-refractivity contribution in [3.05, 3.63) is 63.9 Å². The van der Waals surface area contributed by atoms with Gasteiger partial charge in [-0.2, -0.15) is 13.2 Å². The largest absolute Gasteiger partial charge is 0.416 e. The molecule has 0 saturated heterocycles. The van der Waals surface area contributed by atoms with Gasteiger partial charge in [0, 0.05) is 36.2 Å². The van der Waals surface area contributed by atoms with Crippen LogP contribution in [0.15, 0.2) is 36.5 Å². The summed E-state index contributed by atoms with van der Waals surface area (Å²) in [4.78, 5) is 28.2. The molecule has 1 heterocycles. The molecule has 0 fully saturated rings. The Morgan fingerprint density at radius 3 is 2.70 bits per heavy atom. The van der Waals surface area contributed by atoms with Crippen molar-refractivity contribution in [1.82, 2.24) is 10.3 Å². The topological polar surface area (TPSA) is 59.1 Å². The maximum Gasteiger partial charge on any atom is 0.416 e. The fourth-order valence-electron chi connectivity index (χ4n) is 2.90. The fraction of sp³-hybridized carbons (Fsp3) is 0.278. The molecular weight excluding hydrogens is 388 g/mol. The van der Waals surface area contributed by atoms with Crippen LogP contribution in [0.4, 0.5) is 17.6 Å². The standard InChI is InChI=1S/C18H13ClF4N2O2/c19-13-8-11(18(21,22)23)4-3-10(13)9-25-16(27)17(20)6-5-14(26)15-12(17)2-1-7-24-15/h1-4,7-8H,5-6,9H2,(H,25,27)/t17-/m0/s1. The summed E-state index contributed by atoms with van der Waals surface area (Å²) < 4.78 is 53.4. The number of halogens is 5. The minimum atomic E-state index is -4.54. The number of Topliss-reactive ketones (excluding diaryl/α,β-unsaturated/α-hetero) is 1. The lowest BCUT2D eigenvalue weighted by Crippen LogP contribution is -2.44. The van der Waals surface area contributed by atoms with E-state index in [1.165, 1.54) is 18.3 Å². The third-order valence-corrected chi connectivity index (χ3v) is 4.73. The number of pyridine rings is 1. The summed E-state index contributed by atoms with van der Waals surface area (Å²) in [5, 5.41) is 2.15. The fourth-order valence-corrected chi connectivity index (χ4v) is 3.15. The van der Waals surface area contributed by atoms with Crippen LogP contribution in [0.1, 0.15) is 40.0 Å². The van der Waals surface area contributed by atoms with Crippen molar-refractivity contribution >= 4 is 23.3 Å². The first-order chi connectivity index (χ1) is 12.6. The Kier molecular flexibility index (Phi) is 4.94. The van der Waals surface area contributed by atoms with E-state index in [0.29, 0.717) is 0 Å². The summed E-state index contributed by atoms with van der Waals surface area (Å²) in [6.07, 6.45) is -3.71. The number of ketones is 1. The molecule has 4 nitrogen and oxygen atoms in total. The molecule has 9 heteroatoms. The lowest BCUT2D eigenvalue weighted by atomic mass is 9.81. The summed E-state index contributed by atoms with van der Waals surface area (Å²) in [7, 11) is 0. The third kappa shape index (κ3) is 3.66. The first-order valence-electron chi connectivity index (χ1n) is 7.94. The van der Waals surface area contributed by atoms with E-state index >= 15 is 4.39 Å². The molecule has 0 aliphatic heterocycles. The molecule has 2 aromatic rings. The highest BCUT2D eigenvalue weighted by Gasteiger charge is 2.46. The van der Waals surface area contributed by atoms with Gasteiger partial charge < -0.3 is 5.32 Å². The lowest BCUT2D eigenvalue weighted by Gasteiger charge is -2.29. The highest BCUT2D eigenvalue weighted by Crippen LogP contribution is 2.38. The van der Waals surface area contributed by atoms with E-state index < -0.39 is 23.3 Å². The van der Waals surface area contributed by atoms with Gasteiger partial charge in [0.2, 0.25) is 5.67 Å². The summed E-state index contributed by atoms with van der Waals surface area (Å²) in [6, 6.07) is 5.44. The molecule has 27 heavy (non-hydrogen) atoms. The number of fused-ring (bicyclic) bond motifs is 1. The molecule has 0 spiro atoms. The molecule has 1 atom stereocenters. The first-order valence-corrected chi connectivity index (χ1v) is 8.32. The van der Waals surface area contributed by atoms with Crippen molar-refractivity contribution < 1.29 is 27.2 Å². The second-order valence-corrected chi connectivity index (χ2v) is 6.52. The molecule has 0 bridgehead atoms. The van der Waals surface area contributed by atoms with E-state index in [0.717, 1.165) is 18.2 Å². The molecule has 0 unspecified atom stereocenters. The number of aromatic nitrogens is 1. The van der Waals surface area contributed by atoms with Gasteiger partial charge in [-0.25, -0.2) is 4.39 Å². The number of nitrogens with one attached hydrogen (secondary N) is 1. The Hall–Kier alpha value is -2.48. The van der Waals surface area contributed by atoms with Gasteiger partial charge in [-0.15, -0.1) is 0 Å². The van der Waals surface area contributed by atoms with Gasteiger partial charge in [-0.05, 0) is 23.8 Å². The van der Waals surface area contributed by atoms with Crippen molar-refractivity contribution in [2.75, 3.05) is 0 Å². The zero-order valence-electron chi connectivity index (χ0n) is 13.7. The number of hydrogen-bond acceptors (Lipinski definition) is 3. The maximum atomic E-state index is 15.4. The van der Waals surface area contributed by atoms with Crippen LogP contribution in [0.3, 0.4) is 0 Å². The van der Waals surface area contributed by atoms with Gasteiger partial charge in [0.25, 0.3) is 5.91 Å². The average Bonchev–Trinajstić information content (AvgIpc) is 2.63. The van der Waals surface area contributed by atoms with Crippen molar-refractivity contribution in [3.8, 4) is 0 Å². The highest BCUT2D eigenvalue weighted by molar-refractivity contribution is 6.31. The quantitative estimate of drug-likeness (QED) is 0.785. The SMILES string of the molecule is O=C1CC[C@@](F)(C(=O)NCc2ccc(C(F)(F)F)cc2Cl)c2cccnc21. The number of nitrogens with zero attached hydrogens (tertiary/aromatic N) is 1. The van der Waals surface area contributed by atoms with E-state index in [1.54, 1.807) is 0 Å². The zero-order valence-corrected chi connectivity index (χ0v) is 14.5. The highest BCUT2D eigenvalue weighted by atomic mass is 35.5. The Balaban J connectivity index is 1.79. The van der Waals surface area contributed by atoms with Crippen LogP contribution in [0.2, 0.25) is 5.02 Å². The van der Waals surface area contributed by atoms with Crippen LogP contribution < -0.4 is 5.32 Å². The molecule has 1 aliphatic rings. The van der Waals surface area contributed by atoms with Gasteiger partial charge in [0.1, 0.15) is 5.69 Å². The van der Waals surface area contributed by atoms with Gasteiger partial charge in [0.05, 0.1) is 5.56 Å². The predicted octanol–water partition coefficient (Wildman–Crippen LogP) is 4.21. The zero-order chi connectivity index (χ0) is 19.8. The van der Waals surface area contributed by atoms with Crippen LogP contribution >= 0.6 is 11.6 Å². The van der Waals surface area contributed by atoms with Crippen LogP contribution in [0.5, 0.6) is 0 Å². The van der Waals surface area contributed by atoms with Crippen molar-refractivity contribution in [2.45, 2.75) is 31.2 Å². The van der Waals surface area contributed by atoms with E-state index in [-0.39, 0.29) is 47.0 Å². The van der Waals surface area contributed by atoms with Crippen molar-refractivity contribution in [2.24, 2.45) is 0 Å². The second-order valence-electron chi connectivity index (χ2n) is 6.11. The molecule has 1 aromatic carbocycles. The number of hydrogen-bond donors (Lipinski definition) is 1. The van der Waals surface area contributed by atoms with Gasteiger partial charge in [-0.1, -0.05) is 23.7 Å². The van der Waals surface area contributed by atoms with Crippen molar-refractivity contribution in [1.29, 1.82) is 0 Å². The number of carbonyl (C=O) groups excluding carboxylic acids is 2. The Labute approximate surface area is 156 Å². The number of carbonyl (C=O) groups is 2. The van der Waals surface area contributed by atoms with E-state index in [4.69, 9.17) is 11.6 Å². The van der Waals surface area contributed by atoms with E-state index in [9.17, 15) is 22.8 Å². The average molecular weight is 401 g/mol. The number of alkyl halides is 4. The molecule has 142 valence electrons. The molecule has 3 rings (SSSR count). The molecule has 0 radical (unpaired) electrons. The smallest absolute Gasteiger partial charge is 0.349 e. The summed E-state index contributed by atoms with van der Waals surface area (Å²) in [6.45, 7) is -0.259. The predicted molar refractivity (Wildman–Crippen MR) is 88.9 cm³/mol. The Morgan fingerprint density at radius 1 is 1.30 bits per heavy atom. The minimum Gasteiger partial charge on any atom is -0.349 e. The molecule has 1 aromatic heterocycles. The monoisotopic (exact) mass is 400 g/mol. The lowest BCUT2D eigenvalue weighted by molar-refractivity contribution is -0.137. The summed E-state index contributed by atoms with van der Waals surface area (Å²) in [5.74, 6) is -1.35. The summed E-state index contributed by atoms with van der Waals surface area (Å²) in [5.41, 5.74) is -3.36. The third-order valence-electron chi connectivity index (χ3n) is 4.38. The minimum absolute atomic E-state index is 0.0889. The Bertz CT molecular complexity index is 916. The maximum absolute atomic E-state index is 15.4. The Morgan fingerprint density at radius 2 is 2.04 bits per heavy atom. The van der Waals surface area contributed by atoms with E-state index in [2.05, 4.69) is 10.3 Å². The van der Waals surface area contributed by atoms with Gasteiger partial charge in [0.15, 0.2) is 5.78 Å². The number of amides is 1. The first kappa shape index (κ1) is 19.3. The van der Waals surface area contributed by atoms with Gasteiger partial charge in [-0.3, -0.25) is 14.6 Å². The normalized spacial score (nSPS) is 19.5. The van der Waals surface area contributed by atoms with Crippen molar-refractivity contribution in [3.63, 3.8) is 0 Å². The molecule has 1 N–H and O–H groups in total. The van der Waals surface area contributed by atoms with Crippen LogP contribution in [0.25, 0.3) is 0 Å². The van der Waals surface area contributed by atoms with Crippen LogP contribution in [0, 0.1) is 0 Å². The van der Waals surface area contributed by atoms with E-state index in [1.807, 2.05) is 0 Å². The molecular formula is C18H13ClF4N2O2. The molecule has 1 aliphatic carbocycles. The van der Waals surface area contributed by atoms with Crippen LogP contribution in [-0.2, 0) is 23.2 Å². The second kappa shape index (κ2) is 6.92. The molecule has 0 saturated carbocycles. The number of benzene rings is 1. The molecule has 1 amide bonds. The number of rotatable bonds is 3. The summed E-state index contributed by atoms with van der Waals surface area (Å²) >= 11 is 5.84.